The molecule has 2 amide bonds. The molecule has 1 fully saturated rings. The maximum absolute atomic E-state index is 12.3. The Morgan fingerprint density at radius 3 is 2.23 bits per heavy atom. The molecule has 4 rings (SSSR count). The maximum atomic E-state index is 12.3. The van der Waals surface area contributed by atoms with Crippen molar-refractivity contribution in [3.63, 3.8) is 0 Å². The molecule has 7 heteroatoms. The van der Waals surface area contributed by atoms with E-state index < -0.39 is 0 Å². The third kappa shape index (κ3) is 5.80. The van der Waals surface area contributed by atoms with E-state index in [9.17, 15) is 9.59 Å². The molecule has 0 aliphatic carbocycles. The predicted molar refractivity (Wildman–Crippen MR) is 158 cm³/mol. The van der Waals surface area contributed by atoms with Gasteiger partial charge in [-0.2, -0.15) is 5.26 Å². The van der Waals surface area contributed by atoms with E-state index in [1.807, 2.05) is 55.4 Å². The van der Waals surface area contributed by atoms with E-state index in [0.29, 0.717) is 11.1 Å². The van der Waals surface area contributed by atoms with Gasteiger partial charge in [-0.25, -0.2) is 4.79 Å². The van der Waals surface area contributed by atoms with Crippen molar-refractivity contribution in [2.45, 2.75) is 32.9 Å². The highest BCUT2D eigenvalue weighted by Crippen LogP contribution is 2.32. The lowest BCUT2D eigenvalue weighted by molar-refractivity contribution is 0.112. The van der Waals surface area contributed by atoms with Crippen molar-refractivity contribution in [3.05, 3.63) is 89.6 Å². The summed E-state index contributed by atoms with van der Waals surface area (Å²) in [5.74, 6) is 0. The standard InChI is InChI=1S/C32H35N5O2/c1-22(31-27(21-38)7-6-8-30(31)26-11-9-25(17-33)10-12-26)18-35(5)28-13-15-29(16-14-28)36-19-23(2)37(24(3)20-36)32(39)34-4/h6-16,18,21,23-24H,19-20H2,1-5H3,(H,34,39)/b22-18-. The monoisotopic (exact) mass is 521 g/mol. The number of hydrogen-bond donors (Lipinski definition) is 1. The number of nitriles is 1. The Balaban J connectivity index is 1.57. The molecule has 0 spiro atoms. The molecule has 1 saturated heterocycles. The van der Waals surface area contributed by atoms with Crippen LogP contribution in [0, 0.1) is 11.3 Å². The van der Waals surface area contributed by atoms with Crippen LogP contribution >= 0.6 is 0 Å². The molecule has 1 aliphatic rings. The fourth-order valence-corrected chi connectivity index (χ4v) is 5.46. The van der Waals surface area contributed by atoms with Gasteiger partial charge in [0.25, 0.3) is 0 Å². The van der Waals surface area contributed by atoms with Gasteiger partial charge in [-0.3, -0.25) is 4.79 Å². The van der Waals surface area contributed by atoms with Crippen LogP contribution in [-0.4, -0.2) is 56.5 Å². The molecule has 7 nitrogen and oxygen atoms in total. The van der Waals surface area contributed by atoms with Crippen molar-refractivity contribution in [2.24, 2.45) is 0 Å². The minimum atomic E-state index is -0.0349. The molecule has 3 aromatic carbocycles. The quantitative estimate of drug-likeness (QED) is 0.417. The Labute approximate surface area is 231 Å². The lowest BCUT2D eigenvalue weighted by Crippen LogP contribution is -2.60. The molecular formula is C32H35N5O2. The summed E-state index contributed by atoms with van der Waals surface area (Å²) < 4.78 is 0. The summed E-state index contributed by atoms with van der Waals surface area (Å²) in [6.45, 7) is 7.71. The number of hydrogen-bond acceptors (Lipinski definition) is 5. The fourth-order valence-electron chi connectivity index (χ4n) is 5.46. The van der Waals surface area contributed by atoms with Gasteiger partial charge in [-0.1, -0.05) is 30.3 Å². The van der Waals surface area contributed by atoms with Gasteiger partial charge in [-0.15, -0.1) is 0 Å². The number of nitrogens with zero attached hydrogens (tertiary/aromatic N) is 4. The molecule has 1 aliphatic heterocycles. The van der Waals surface area contributed by atoms with Crippen molar-refractivity contribution in [2.75, 3.05) is 37.0 Å². The van der Waals surface area contributed by atoms with E-state index >= 15 is 0 Å². The molecule has 39 heavy (non-hydrogen) atoms. The van der Waals surface area contributed by atoms with E-state index in [0.717, 1.165) is 53.0 Å². The van der Waals surface area contributed by atoms with E-state index in [2.05, 4.69) is 59.3 Å². The van der Waals surface area contributed by atoms with Crippen LogP contribution in [0.1, 0.15) is 42.3 Å². The number of nitrogens with one attached hydrogen (secondary N) is 1. The number of carbonyl (C=O) groups excluding carboxylic acids is 2. The first-order chi connectivity index (χ1) is 18.8. The van der Waals surface area contributed by atoms with Crippen molar-refractivity contribution in [1.82, 2.24) is 10.2 Å². The molecular weight excluding hydrogens is 486 g/mol. The summed E-state index contributed by atoms with van der Waals surface area (Å²) in [5.41, 5.74) is 7.08. The lowest BCUT2D eigenvalue weighted by Gasteiger charge is -2.45. The molecule has 0 aromatic heterocycles. The summed E-state index contributed by atoms with van der Waals surface area (Å²) in [6, 6.07) is 23.9. The minimum Gasteiger partial charge on any atom is -0.367 e. The Hall–Kier alpha value is -4.57. The average Bonchev–Trinajstić information content (AvgIpc) is 2.96. The summed E-state index contributed by atoms with van der Waals surface area (Å²) >= 11 is 0. The van der Waals surface area contributed by atoms with Crippen LogP contribution in [0.5, 0.6) is 0 Å². The summed E-state index contributed by atoms with van der Waals surface area (Å²) in [4.78, 5) is 30.5. The van der Waals surface area contributed by atoms with Crippen LogP contribution in [0.2, 0.25) is 0 Å². The second kappa shape index (κ2) is 11.9. The van der Waals surface area contributed by atoms with Gasteiger partial charge in [0, 0.05) is 62.4 Å². The number of piperazine rings is 1. The molecule has 0 radical (unpaired) electrons. The van der Waals surface area contributed by atoms with Gasteiger partial charge in [-0.05, 0) is 79.4 Å². The third-order valence-corrected chi connectivity index (χ3v) is 7.32. The van der Waals surface area contributed by atoms with Crippen LogP contribution in [0.3, 0.4) is 0 Å². The predicted octanol–water partition coefficient (Wildman–Crippen LogP) is 5.77. The van der Waals surface area contributed by atoms with Crippen LogP contribution < -0.4 is 15.1 Å². The van der Waals surface area contributed by atoms with Crippen LogP contribution in [0.4, 0.5) is 16.2 Å². The molecule has 1 heterocycles. The van der Waals surface area contributed by atoms with Crippen molar-refractivity contribution in [3.8, 4) is 17.2 Å². The van der Waals surface area contributed by atoms with E-state index in [-0.39, 0.29) is 18.1 Å². The average molecular weight is 522 g/mol. The second-order valence-corrected chi connectivity index (χ2v) is 10.1. The van der Waals surface area contributed by atoms with Gasteiger partial charge in [0.15, 0.2) is 6.29 Å². The van der Waals surface area contributed by atoms with Gasteiger partial charge in [0.05, 0.1) is 11.6 Å². The number of urea groups is 1. The minimum absolute atomic E-state index is 0.0349. The van der Waals surface area contributed by atoms with Crippen molar-refractivity contribution < 1.29 is 9.59 Å². The normalized spacial score (nSPS) is 17.4. The second-order valence-electron chi connectivity index (χ2n) is 10.1. The van der Waals surface area contributed by atoms with E-state index in [1.54, 1.807) is 19.2 Å². The highest BCUT2D eigenvalue weighted by Gasteiger charge is 2.32. The summed E-state index contributed by atoms with van der Waals surface area (Å²) in [5, 5.41) is 11.9. The van der Waals surface area contributed by atoms with Crippen molar-refractivity contribution >= 4 is 29.3 Å². The Bertz CT molecular complexity index is 1390. The van der Waals surface area contributed by atoms with Crippen LogP contribution in [-0.2, 0) is 0 Å². The molecule has 1 N–H and O–H groups in total. The number of carbonyl (C=O) groups is 2. The first-order valence-electron chi connectivity index (χ1n) is 13.1. The summed E-state index contributed by atoms with van der Waals surface area (Å²) in [6.07, 6.45) is 2.93. The lowest BCUT2D eigenvalue weighted by atomic mass is 9.91. The van der Waals surface area contributed by atoms with Crippen LogP contribution in [0.25, 0.3) is 16.7 Å². The third-order valence-electron chi connectivity index (χ3n) is 7.32. The Morgan fingerprint density at radius 2 is 1.67 bits per heavy atom. The highest BCUT2D eigenvalue weighted by atomic mass is 16.2. The first kappa shape index (κ1) is 27.5. The molecule has 0 bridgehead atoms. The van der Waals surface area contributed by atoms with Crippen molar-refractivity contribution in [1.29, 1.82) is 5.26 Å². The smallest absolute Gasteiger partial charge is 0.317 e. The van der Waals surface area contributed by atoms with Crippen LogP contribution in [0.15, 0.2) is 72.9 Å². The SMILES string of the molecule is CNC(=O)N1C(C)CN(c2ccc(N(C)/C=C(/C)c3c(C=O)cccc3-c3ccc(C#N)cc3)cc2)CC1C. The summed E-state index contributed by atoms with van der Waals surface area (Å²) in [7, 11) is 3.67. The zero-order chi connectivity index (χ0) is 28.1. The number of anilines is 2. The molecule has 2 atom stereocenters. The Morgan fingerprint density at radius 1 is 1.03 bits per heavy atom. The number of aldehydes is 1. The molecule has 2 unspecified atom stereocenters. The Kier molecular flexibility index (Phi) is 8.36. The fraction of sp³-hybridized carbons (Fsp3) is 0.281. The van der Waals surface area contributed by atoms with Gasteiger partial charge in [0.2, 0.25) is 0 Å². The van der Waals surface area contributed by atoms with E-state index in [4.69, 9.17) is 5.26 Å². The molecule has 3 aromatic rings. The van der Waals surface area contributed by atoms with Gasteiger partial charge in [0.1, 0.15) is 0 Å². The van der Waals surface area contributed by atoms with E-state index in [1.165, 1.54) is 0 Å². The number of allylic oxidation sites excluding steroid dienone is 1. The maximum Gasteiger partial charge on any atom is 0.317 e. The highest BCUT2D eigenvalue weighted by molar-refractivity contribution is 5.93. The first-order valence-corrected chi connectivity index (χ1v) is 13.1. The topological polar surface area (TPSA) is 79.7 Å². The number of benzene rings is 3. The van der Waals surface area contributed by atoms with Gasteiger partial charge < -0.3 is 20.0 Å². The van der Waals surface area contributed by atoms with Gasteiger partial charge >= 0.3 is 6.03 Å². The number of rotatable bonds is 6. The molecule has 200 valence electrons. The number of amides is 2. The molecule has 0 saturated carbocycles. The zero-order valence-electron chi connectivity index (χ0n) is 23.2. The zero-order valence-corrected chi connectivity index (χ0v) is 23.2. The largest absolute Gasteiger partial charge is 0.367 e.